The number of allylic oxidation sites excluding steroid dienone is 3. The first kappa shape index (κ1) is 31.1. The van der Waals surface area contributed by atoms with Crippen LogP contribution in [0.15, 0.2) is 36.4 Å². The van der Waals surface area contributed by atoms with Crippen molar-refractivity contribution in [3.05, 3.63) is 47.8 Å². The lowest BCUT2D eigenvalue weighted by atomic mass is 9.74. The third-order valence-corrected chi connectivity index (χ3v) is 10.6. The minimum atomic E-state index is -3.11. The molecule has 2 saturated carbocycles. The Morgan fingerprint density at radius 2 is 1.84 bits per heavy atom. The predicted octanol–water partition coefficient (Wildman–Crippen LogP) is 4.28. The number of amides is 1. The van der Waals surface area contributed by atoms with Gasteiger partial charge in [0.2, 0.25) is 5.91 Å². The number of rotatable bonds is 6. The number of phenols is 1. The van der Waals surface area contributed by atoms with Crippen molar-refractivity contribution in [2.24, 2.45) is 11.8 Å². The number of aromatic hydroxyl groups is 1. The van der Waals surface area contributed by atoms with E-state index in [9.17, 15) is 28.6 Å². The van der Waals surface area contributed by atoms with Crippen LogP contribution in [-0.2, 0) is 9.59 Å². The van der Waals surface area contributed by atoms with E-state index in [4.69, 9.17) is 0 Å². The number of carbonyl (C=O) groups excluding carboxylic acids is 2. The van der Waals surface area contributed by atoms with Crippen molar-refractivity contribution >= 4 is 17.4 Å². The summed E-state index contributed by atoms with van der Waals surface area (Å²) in [5.74, 6) is -4.93. The first-order chi connectivity index (χ1) is 20.9. The molecule has 240 valence electrons. The van der Waals surface area contributed by atoms with Crippen molar-refractivity contribution in [2.75, 3.05) is 25.1 Å². The van der Waals surface area contributed by atoms with E-state index in [0.29, 0.717) is 49.9 Å². The van der Waals surface area contributed by atoms with Gasteiger partial charge in [0.25, 0.3) is 5.92 Å². The molecular formula is C33H43F3N4O4. The zero-order valence-electron chi connectivity index (χ0n) is 25.4. The normalized spacial score (nSPS) is 34.0. The number of nitrogens with one attached hydrogen (secondary N) is 1. The third kappa shape index (κ3) is 5.67. The number of likely N-dealkylation sites (N-methyl/N-ethyl adjacent to an activating group) is 1. The largest absolute Gasteiger partial charge is 0.503 e. The van der Waals surface area contributed by atoms with Crippen molar-refractivity contribution < 1.29 is 33.0 Å². The number of carbonyl (C=O) groups is 2. The van der Waals surface area contributed by atoms with Gasteiger partial charge in [-0.05, 0) is 88.1 Å². The van der Waals surface area contributed by atoms with Gasteiger partial charge in [0.1, 0.15) is 0 Å². The number of halogens is 3. The van der Waals surface area contributed by atoms with Gasteiger partial charge < -0.3 is 20.1 Å². The minimum Gasteiger partial charge on any atom is -0.503 e. The quantitative estimate of drug-likeness (QED) is 0.411. The Bertz CT molecular complexity index is 1330. The molecule has 0 spiro atoms. The average molecular weight is 617 g/mol. The van der Waals surface area contributed by atoms with Crippen molar-refractivity contribution in [3.63, 3.8) is 0 Å². The van der Waals surface area contributed by atoms with Gasteiger partial charge in [-0.3, -0.25) is 14.5 Å². The van der Waals surface area contributed by atoms with Crippen molar-refractivity contribution in [3.8, 4) is 5.75 Å². The predicted molar refractivity (Wildman–Crippen MR) is 160 cm³/mol. The molecule has 11 heteroatoms. The van der Waals surface area contributed by atoms with E-state index in [-0.39, 0.29) is 60.4 Å². The zero-order chi connectivity index (χ0) is 31.5. The van der Waals surface area contributed by atoms with E-state index >= 15 is 4.39 Å². The van der Waals surface area contributed by atoms with Gasteiger partial charge in [-0.15, -0.1) is 0 Å². The van der Waals surface area contributed by atoms with Crippen LogP contribution in [0.2, 0.25) is 0 Å². The number of alkyl halides is 2. The molecule has 1 aromatic carbocycles. The first-order valence-electron chi connectivity index (χ1n) is 15.9. The molecule has 2 aliphatic carbocycles. The number of phenolic OH excluding ortho intramolecular Hbond substituents is 1. The maximum absolute atomic E-state index is 15.3. The van der Waals surface area contributed by atoms with Gasteiger partial charge in [0.15, 0.2) is 17.3 Å². The maximum Gasteiger partial charge on any atom is 0.263 e. The molecule has 8 nitrogen and oxygen atoms in total. The molecule has 0 aromatic heterocycles. The monoisotopic (exact) mass is 616 g/mol. The third-order valence-electron chi connectivity index (χ3n) is 10.6. The van der Waals surface area contributed by atoms with Crippen LogP contribution in [-0.4, -0.2) is 88.0 Å². The van der Waals surface area contributed by atoms with E-state index in [1.807, 2.05) is 9.91 Å². The summed E-state index contributed by atoms with van der Waals surface area (Å²) in [6.07, 6.45) is 6.45. The first-order valence-corrected chi connectivity index (χ1v) is 15.9. The standard InChI is InChI=1S/C33H43F3N4O4/c1-4-21(41)15-18-5-10-23-28-24(11-6-18)39(32(44)20-16-27(42)31(33(2,35)36)38(3)17-20)14-13-25(28)40(37-23)26-12-9-22(19-7-8-19)29(34)30(26)43/h4,9,12,15,19-20,23-25,27-28,31,37,42-43H,1,5-8,10-11,13-14,16-17H2,2-3H3/b18-15+/t20?,23?,24-,25?,27?,28?,31?/m0/s1. The summed E-state index contributed by atoms with van der Waals surface area (Å²) < 4.78 is 43.8. The molecule has 1 aromatic rings. The topological polar surface area (TPSA) is 96.4 Å². The molecule has 6 rings (SSSR count). The molecule has 44 heavy (non-hydrogen) atoms. The van der Waals surface area contributed by atoms with Crippen molar-refractivity contribution in [1.82, 2.24) is 15.2 Å². The Hall–Kier alpha value is -2.89. The SMILES string of the molecule is C=CC(=O)/C=C1\CCC2NN(c3ccc(C4CC4)c(F)c3O)C3CCN(C(=O)C4CC(O)C(C(C)(F)F)N(C)C4)[C@@H](CC1)C23. The molecule has 3 saturated heterocycles. The summed E-state index contributed by atoms with van der Waals surface area (Å²) in [5, 5.41) is 23.6. The summed E-state index contributed by atoms with van der Waals surface area (Å²) >= 11 is 0. The van der Waals surface area contributed by atoms with Gasteiger partial charge in [-0.2, -0.15) is 0 Å². The lowest BCUT2D eigenvalue weighted by Crippen LogP contribution is -2.62. The number of ketones is 1. The number of hydrazine groups is 1. The molecule has 0 bridgehead atoms. The molecule has 6 unspecified atom stereocenters. The number of benzene rings is 1. The van der Waals surface area contributed by atoms with Crippen LogP contribution < -0.4 is 10.4 Å². The molecule has 5 fully saturated rings. The van der Waals surface area contributed by atoms with E-state index in [0.717, 1.165) is 25.3 Å². The zero-order valence-corrected chi connectivity index (χ0v) is 25.4. The molecule has 0 radical (unpaired) electrons. The Labute approximate surface area is 256 Å². The van der Waals surface area contributed by atoms with Gasteiger partial charge in [-0.25, -0.2) is 18.6 Å². The Balaban J connectivity index is 1.30. The number of anilines is 1. The highest BCUT2D eigenvalue weighted by molar-refractivity contribution is 5.99. The Morgan fingerprint density at radius 3 is 2.50 bits per heavy atom. The minimum absolute atomic E-state index is 0.0398. The summed E-state index contributed by atoms with van der Waals surface area (Å²) in [7, 11) is 1.52. The van der Waals surface area contributed by atoms with Gasteiger partial charge >= 0.3 is 0 Å². The van der Waals surface area contributed by atoms with Crippen molar-refractivity contribution in [2.45, 2.75) is 100 Å². The van der Waals surface area contributed by atoms with E-state index in [1.165, 1.54) is 18.0 Å². The van der Waals surface area contributed by atoms with Crippen LogP contribution in [0, 0.1) is 17.7 Å². The molecule has 3 heterocycles. The number of aliphatic hydroxyl groups excluding tert-OH is 1. The smallest absolute Gasteiger partial charge is 0.263 e. The highest BCUT2D eigenvalue weighted by Gasteiger charge is 2.54. The highest BCUT2D eigenvalue weighted by Crippen LogP contribution is 2.48. The molecule has 1 amide bonds. The van der Waals surface area contributed by atoms with Crippen LogP contribution in [0.4, 0.5) is 18.9 Å². The summed E-state index contributed by atoms with van der Waals surface area (Å²) in [6.45, 7) is 4.89. The molecule has 3 aliphatic heterocycles. The second-order valence-electron chi connectivity index (χ2n) is 13.6. The van der Waals surface area contributed by atoms with Crippen molar-refractivity contribution in [1.29, 1.82) is 0 Å². The number of hydrogen-bond donors (Lipinski definition) is 3. The Morgan fingerprint density at radius 1 is 1.11 bits per heavy atom. The van der Waals surface area contributed by atoms with Crippen LogP contribution in [0.1, 0.15) is 69.8 Å². The average Bonchev–Trinajstić information content (AvgIpc) is 3.74. The Kier molecular flexibility index (Phi) is 8.34. The molecule has 7 atom stereocenters. The fourth-order valence-corrected chi connectivity index (χ4v) is 8.48. The fraction of sp³-hybridized carbons (Fsp3) is 0.636. The molecular weight excluding hydrogens is 573 g/mol. The van der Waals surface area contributed by atoms with Gasteiger partial charge in [0.05, 0.1) is 29.8 Å². The van der Waals surface area contributed by atoms with Crippen LogP contribution >= 0.6 is 0 Å². The maximum atomic E-state index is 15.3. The van der Waals surface area contributed by atoms with Gasteiger partial charge in [-0.1, -0.05) is 18.2 Å². The van der Waals surface area contributed by atoms with Crippen LogP contribution in [0.5, 0.6) is 5.75 Å². The van der Waals surface area contributed by atoms with Crippen LogP contribution in [0.25, 0.3) is 0 Å². The molecule has 5 aliphatic rings. The molecule has 3 N–H and O–H groups in total. The summed E-state index contributed by atoms with van der Waals surface area (Å²) in [5.41, 5.74) is 5.43. The van der Waals surface area contributed by atoms with Crippen LogP contribution in [0.3, 0.4) is 0 Å². The number of piperidine rings is 2. The van der Waals surface area contributed by atoms with Gasteiger partial charge in [0, 0.05) is 38.0 Å². The summed E-state index contributed by atoms with van der Waals surface area (Å²) in [4.78, 5) is 29.6. The number of nitrogens with zero attached hydrogens (tertiary/aromatic N) is 3. The highest BCUT2D eigenvalue weighted by atomic mass is 19.3. The van der Waals surface area contributed by atoms with E-state index in [1.54, 1.807) is 18.2 Å². The lowest BCUT2D eigenvalue weighted by molar-refractivity contribution is -0.158. The number of aliphatic hydroxyl groups is 1. The second-order valence-corrected chi connectivity index (χ2v) is 13.6. The second kappa shape index (κ2) is 11.8. The summed E-state index contributed by atoms with van der Waals surface area (Å²) in [6, 6.07) is 1.71. The van der Waals surface area contributed by atoms with E-state index in [2.05, 4.69) is 12.0 Å². The number of likely N-dealkylation sites (tertiary alicyclic amines) is 2. The van der Waals surface area contributed by atoms with E-state index < -0.39 is 29.8 Å². The fourth-order valence-electron chi connectivity index (χ4n) is 8.48. The lowest BCUT2D eigenvalue weighted by Gasteiger charge is -2.49. The number of hydrogen-bond acceptors (Lipinski definition) is 7.